The van der Waals surface area contributed by atoms with Crippen LogP contribution < -0.4 is 0 Å². The molecule has 15 heavy (non-hydrogen) atoms. The summed E-state index contributed by atoms with van der Waals surface area (Å²) >= 11 is 3.18. The van der Waals surface area contributed by atoms with Crippen molar-refractivity contribution in [2.24, 2.45) is 7.05 Å². The number of carbonyl (C=O) groups is 2. The van der Waals surface area contributed by atoms with Crippen LogP contribution in [0, 0.1) is 0 Å². The fourth-order valence-electron chi connectivity index (χ4n) is 1.94. The minimum Gasteiger partial charge on any atom is -0.481 e. The van der Waals surface area contributed by atoms with E-state index >= 15 is 0 Å². The Balaban J connectivity index is 2.47. The molecular weight excluding hydrogens is 264 g/mol. The molecule has 0 amide bonds. The van der Waals surface area contributed by atoms with E-state index in [2.05, 4.69) is 21.0 Å². The van der Waals surface area contributed by atoms with Gasteiger partial charge in [-0.3, -0.25) is 14.3 Å². The fourth-order valence-corrected chi connectivity index (χ4v) is 2.40. The third-order valence-electron chi connectivity index (χ3n) is 2.75. The molecule has 0 unspecified atom stereocenters. The molecule has 1 aliphatic rings. The fraction of sp³-hybridized carbons (Fsp3) is 0.444. The van der Waals surface area contributed by atoms with Crippen LogP contribution in [0.15, 0.2) is 10.7 Å². The maximum Gasteiger partial charge on any atom is 0.316 e. The highest BCUT2D eigenvalue weighted by molar-refractivity contribution is 9.10. The first-order chi connectivity index (χ1) is 6.95. The van der Waals surface area contributed by atoms with Crippen molar-refractivity contribution in [1.82, 2.24) is 9.78 Å². The molecule has 1 aromatic heterocycles. The minimum atomic E-state index is -1.06. The smallest absolute Gasteiger partial charge is 0.316 e. The molecule has 1 N–H and O–H groups in total. The van der Waals surface area contributed by atoms with Crippen LogP contribution in [0.3, 0.4) is 0 Å². The second kappa shape index (κ2) is 3.16. The van der Waals surface area contributed by atoms with Crippen molar-refractivity contribution >= 4 is 27.7 Å². The van der Waals surface area contributed by atoms with Gasteiger partial charge in [-0.25, -0.2) is 0 Å². The number of nitrogens with zero attached hydrogens (tertiary/aromatic N) is 2. The van der Waals surface area contributed by atoms with Crippen LogP contribution in [0.1, 0.15) is 18.5 Å². The Bertz CT molecular complexity index is 444. The number of Topliss-reactive ketones (excluding diaryl/α,β-unsaturated/α-hetero) is 1. The summed E-state index contributed by atoms with van der Waals surface area (Å²) < 4.78 is 2.09. The summed E-state index contributed by atoms with van der Waals surface area (Å²) in [6.07, 6.45) is 0.128. The van der Waals surface area contributed by atoms with Crippen molar-refractivity contribution in [2.75, 3.05) is 0 Å². The summed E-state index contributed by atoms with van der Waals surface area (Å²) in [5, 5.41) is 13.2. The van der Waals surface area contributed by atoms with Crippen molar-refractivity contribution in [1.29, 1.82) is 0 Å². The topological polar surface area (TPSA) is 72.2 Å². The van der Waals surface area contributed by atoms with Gasteiger partial charge in [0.1, 0.15) is 15.8 Å². The second-order valence-corrected chi connectivity index (χ2v) is 4.57. The van der Waals surface area contributed by atoms with Gasteiger partial charge >= 0.3 is 5.97 Å². The number of aliphatic carboxylic acids is 1. The average Bonchev–Trinajstić information content (AvgIpc) is 2.39. The molecule has 0 aliphatic heterocycles. The predicted molar refractivity (Wildman–Crippen MR) is 54.5 cm³/mol. The van der Waals surface area contributed by atoms with Crippen molar-refractivity contribution in [2.45, 2.75) is 18.3 Å². The zero-order chi connectivity index (χ0) is 11.2. The lowest BCUT2D eigenvalue weighted by atomic mass is 9.65. The molecule has 1 saturated carbocycles. The summed E-state index contributed by atoms with van der Waals surface area (Å²) in [6, 6.07) is 1.65. The summed E-state index contributed by atoms with van der Waals surface area (Å²) in [5.41, 5.74) is -0.494. The molecule has 1 fully saturated rings. The zero-order valence-electron chi connectivity index (χ0n) is 8.03. The summed E-state index contributed by atoms with van der Waals surface area (Å²) in [5.74, 6) is -0.979. The number of hydrogen-bond donors (Lipinski definition) is 1. The van der Waals surface area contributed by atoms with Gasteiger partial charge in [-0.2, -0.15) is 5.10 Å². The molecule has 6 heteroatoms. The first-order valence-corrected chi connectivity index (χ1v) is 5.20. The van der Waals surface area contributed by atoms with Crippen LogP contribution in [-0.2, 0) is 22.1 Å². The third-order valence-corrected chi connectivity index (χ3v) is 3.14. The van der Waals surface area contributed by atoms with E-state index in [-0.39, 0.29) is 18.6 Å². The van der Waals surface area contributed by atoms with Crippen LogP contribution in [0.4, 0.5) is 0 Å². The molecule has 0 saturated heterocycles. The Morgan fingerprint density at radius 1 is 1.67 bits per heavy atom. The Hall–Kier alpha value is -1.17. The highest BCUT2D eigenvalue weighted by atomic mass is 79.9. The lowest BCUT2D eigenvalue weighted by molar-refractivity contribution is -0.153. The molecule has 0 spiro atoms. The second-order valence-electron chi connectivity index (χ2n) is 3.76. The largest absolute Gasteiger partial charge is 0.481 e. The van der Waals surface area contributed by atoms with Gasteiger partial charge in [0, 0.05) is 19.9 Å². The monoisotopic (exact) mass is 272 g/mol. The standard InChI is InChI=1S/C9H9BrN2O3/c1-12-6(2-7(10)11-12)9(8(14)15)3-5(13)4-9/h2H,3-4H2,1H3,(H,14,15). The van der Waals surface area contributed by atoms with E-state index in [0.29, 0.717) is 10.3 Å². The number of carbonyl (C=O) groups excluding carboxylic acids is 1. The Kier molecular flexibility index (Phi) is 2.18. The molecule has 0 radical (unpaired) electrons. The highest BCUT2D eigenvalue weighted by Gasteiger charge is 2.53. The van der Waals surface area contributed by atoms with Gasteiger partial charge in [-0.15, -0.1) is 0 Å². The van der Waals surface area contributed by atoms with E-state index in [1.165, 1.54) is 4.68 Å². The number of halogens is 1. The van der Waals surface area contributed by atoms with Crippen LogP contribution in [0.5, 0.6) is 0 Å². The van der Waals surface area contributed by atoms with E-state index in [0.717, 1.165) is 0 Å². The van der Waals surface area contributed by atoms with Crippen molar-refractivity contribution in [3.05, 3.63) is 16.4 Å². The Morgan fingerprint density at radius 3 is 2.60 bits per heavy atom. The molecular formula is C9H9BrN2O3. The van der Waals surface area contributed by atoms with E-state index in [1.54, 1.807) is 13.1 Å². The molecule has 1 aliphatic carbocycles. The first-order valence-electron chi connectivity index (χ1n) is 4.41. The van der Waals surface area contributed by atoms with Crippen LogP contribution >= 0.6 is 15.9 Å². The lowest BCUT2D eigenvalue weighted by Gasteiger charge is -2.35. The number of carboxylic acids is 1. The predicted octanol–water partition coefficient (Wildman–Crippen LogP) is 0.868. The number of ketones is 1. The number of carboxylic acid groups (broad SMARTS) is 1. The van der Waals surface area contributed by atoms with Gasteiger partial charge in [0.2, 0.25) is 0 Å². The number of hydrogen-bond acceptors (Lipinski definition) is 3. The van der Waals surface area contributed by atoms with Gasteiger partial charge in [0.15, 0.2) is 0 Å². The normalized spacial score (nSPS) is 18.7. The van der Waals surface area contributed by atoms with Gasteiger partial charge < -0.3 is 5.11 Å². The van der Waals surface area contributed by atoms with Gasteiger partial charge in [-0.1, -0.05) is 0 Å². The Morgan fingerprint density at radius 2 is 2.27 bits per heavy atom. The van der Waals surface area contributed by atoms with Gasteiger partial charge in [-0.05, 0) is 22.0 Å². The number of aromatic nitrogens is 2. The number of rotatable bonds is 2. The molecule has 0 bridgehead atoms. The summed E-state index contributed by atoms with van der Waals surface area (Å²) in [6.45, 7) is 0. The van der Waals surface area contributed by atoms with Crippen molar-refractivity contribution in [3.8, 4) is 0 Å². The lowest BCUT2D eigenvalue weighted by Crippen LogP contribution is -2.49. The maximum atomic E-state index is 11.2. The molecule has 0 atom stereocenters. The minimum absolute atomic E-state index is 0.0188. The summed E-state index contributed by atoms with van der Waals surface area (Å²) in [7, 11) is 1.67. The van der Waals surface area contributed by atoms with Crippen LogP contribution in [-0.4, -0.2) is 26.6 Å². The van der Waals surface area contributed by atoms with Crippen molar-refractivity contribution < 1.29 is 14.7 Å². The number of aryl methyl sites for hydroxylation is 1. The third kappa shape index (κ3) is 1.40. The van der Waals surface area contributed by atoms with E-state index in [9.17, 15) is 14.7 Å². The summed E-state index contributed by atoms with van der Waals surface area (Å²) in [4.78, 5) is 22.2. The Labute approximate surface area is 94.2 Å². The van der Waals surface area contributed by atoms with E-state index in [4.69, 9.17) is 0 Å². The zero-order valence-corrected chi connectivity index (χ0v) is 9.61. The quantitative estimate of drug-likeness (QED) is 0.867. The van der Waals surface area contributed by atoms with Crippen LogP contribution in [0.2, 0.25) is 0 Å². The maximum absolute atomic E-state index is 11.2. The van der Waals surface area contributed by atoms with E-state index in [1.807, 2.05) is 0 Å². The molecule has 1 heterocycles. The SMILES string of the molecule is Cn1nc(Br)cc1C1(C(=O)O)CC(=O)C1. The highest BCUT2D eigenvalue weighted by Crippen LogP contribution is 2.41. The first kappa shape index (κ1) is 10.4. The van der Waals surface area contributed by atoms with E-state index < -0.39 is 11.4 Å². The molecule has 80 valence electrons. The molecule has 2 rings (SSSR count). The van der Waals surface area contributed by atoms with Crippen LogP contribution in [0.25, 0.3) is 0 Å². The molecule has 1 aromatic rings. The van der Waals surface area contributed by atoms with Crippen molar-refractivity contribution in [3.63, 3.8) is 0 Å². The van der Waals surface area contributed by atoms with Gasteiger partial charge in [0.25, 0.3) is 0 Å². The van der Waals surface area contributed by atoms with Gasteiger partial charge in [0.05, 0.1) is 5.69 Å². The molecule has 0 aromatic carbocycles. The molecule has 5 nitrogen and oxygen atoms in total. The average molecular weight is 273 g/mol.